The Morgan fingerprint density at radius 3 is 2.00 bits per heavy atom. The first-order valence-corrected chi connectivity index (χ1v) is 6.27. The Balaban J connectivity index is 2.52. The van der Waals surface area contributed by atoms with Crippen molar-refractivity contribution in [1.82, 2.24) is 0 Å². The first-order valence-electron chi connectivity index (χ1n) is 6.27. The second-order valence-electron chi connectivity index (χ2n) is 4.56. The molecule has 8 nitrogen and oxygen atoms in total. The summed E-state index contributed by atoms with van der Waals surface area (Å²) in [7, 11) is 0. The van der Waals surface area contributed by atoms with E-state index in [2.05, 4.69) is 5.32 Å². The van der Waals surface area contributed by atoms with Crippen molar-refractivity contribution in [2.45, 2.75) is 24.4 Å². The molecule has 0 heterocycles. The van der Waals surface area contributed by atoms with E-state index in [9.17, 15) is 20.1 Å². The van der Waals surface area contributed by atoms with E-state index in [1.54, 1.807) is 0 Å². The van der Waals surface area contributed by atoms with Gasteiger partial charge in [-0.1, -0.05) is 0 Å². The highest BCUT2D eigenvalue weighted by molar-refractivity contribution is 5.87. The van der Waals surface area contributed by atoms with Crippen LogP contribution < -0.4 is 5.32 Å². The maximum atomic E-state index is 10.7. The highest BCUT2D eigenvalue weighted by atomic mass is 16.4. The van der Waals surface area contributed by atoms with Crippen molar-refractivity contribution in [2.75, 3.05) is 18.5 Å². The fourth-order valence-electron chi connectivity index (χ4n) is 1.64. The van der Waals surface area contributed by atoms with Crippen LogP contribution in [0.3, 0.4) is 0 Å². The number of hydrogen-bond donors (Lipinski definition) is 7. The van der Waals surface area contributed by atoms with E-state index in [0.29, 0.717) is 5.69 Å². The lowest BCUT2D eigenvalue weighted by Gasteiger charge is -2.26. The Bertz CT molecular complexity index is 450. The minimum Gasteiger partial charge on any atom is -0.478 e. The van der Waals surface area contributed by atoms with Gasteiger partial charge in [-0.25, -0.2) is 4.79 Å². The van der Waals surface area contributed by atoms with Crippen LogP contribution in [0.4, 0.5) is 5.69 Å². The van der Waals surface area contributed by atoms with E-state index in [1.165, 1.54) is 24.3 Å². The Morgan fingerprint density at radius 1 is 1.00 bits per heavy atom. The summed E-state index contributed by atoms with van der Waals surface area (Å²) in [6, 6.07) is 5.72. The van der Waals surface area contributed by atoms with Crippen molar-refractivity contribution >= 4 is 11.7 Å². The number of anilines is 1. The van der Waals surface area contributed by atoms with Crippen molar-refractivity contribution in [3.8, 4) is 0 Å². The first kappa shape index (κ1) is 17.3. The van der Waals surface area contributed by atoms with Crippen LogP contribution in [-0.4, -0.2) is 74.2 Å². The molecular weight excluding hydrogens is 282 g/mol. The third kappa shape index (κ3) is 4.96. The van der Waals surface area contributed by atoms with Crippen LogP contribution in [0.5, 0.6) is 0 Å². The second kappa shape index (κ2) is 7.91. The van der Waals surface area contributed by atoms with Gasteiger partial charge in [0.25, 0.3) is 0 Å². The topological polar surface area (TPSA) is 150 Å². The summed E-state index contributed by atoms with van der Waals surface area (Å²) in [4.78, 5) is 10.7. The van der Waals surface area contributed by atoms with E-state index in [-0.39, 0.29) is 12.1 Å². The number of hydrogen-bond acceptors (Lipinski definition) is 7. The van der Waals surface area contributed by atoms with Crippen molar-refractivity contribution in [3.63, 3.8) is 0 Å². The van der Waals surface area contributed by atoms with Crippen LogP contribution in [0.15, 0.2) is 24.3 Å². The highest BCUT2D eigenvalue weighted by Crippen LogP contribution is 2.11. The summed E-state index contributed by atoms with van der Waals surface area (Å²) in [6.45, 7) is -0.877. The Hall–Kier alpha value is -1.71. The van der Waals surface area contributed by atoms with E-state index >= 15 is 0 Å². The second-order valence-corrected chi connectivity index (χ2v) is 4.56. The molecule has 4 atom stereocenters. The number of aliphatic hydroxyl groups is 5. The first-order chi connectivity index (χ1) is 9.86. The average molecular weight is 301 g/mol. The molecule has 8 heteroatoms. The van der Waals surface area contributed by atoms with Gasteiger partial charge in [0.2, 0.25) is 0 Å². The van der Waals surface area contributed by atoms with Crippen LogP contribution >= 0.6 is 0 Å². The van der Waals surface area contributed by atoms with Gasteiger partial charge in [-0.05, 0) is 24.3 Å². The van der Waals surface area contributed by atoms with E-state index in [1.807, 2.05) is 0 Å². The summed E-state index contributed by atoms with van der Waals surface area (Å²) < 4.78 is 0. The molecule has 0 aromatic heterocycles. The summed E-state index contributed by atoms with van der Waals surface area (Å²) in [6.07, 6.45) is -6.26. The zero-order chi connectivity index (χ0) is 16.0. The molecule has 1 aromatic rings. The number of nitrogens with one attached hydrogen (secondary N) is 1. The van der Waals surface area contributed by atoms with Gasteiger partial charge >= 0.3 is 5.97 Å². The fourth-order valence-corrected chi connectivity index (χ4v) is 1.64. The van der Waals surface area contributed by atoms with Gasteiger partial charge in [0, 0.05) is 12.2 Å². The fraction of sp³-hybridized carbons (Fsp3) is 0.462. The lowest BCUT2D eigenvalue weighted by atomic mass is 10.0. The molecule has 4 unspecified atom stereocenters. The third-order valence-electron chi connectivity index (χ3n) is 2.97. The minimum absolute atomic E-state index is 0.114. The Kier molecular flexibility index (Phi) is 6.53. The van der Waals surface area contributed by atoms with Gasteiger partial charge < -0.3 is 36.0 Å². The van der Waals surface area contributed by atoms with E-state index < -0.39 is 37.0 Å². The van der Waals surface area contributed by atoms with Crippen molar-refractivity contribution in [3.05, 3.63) is 29.8 Å². The summed E-state index contributed by atoms with van der Waals surface area (Å²) in [5.74, 6) is -1.06. The van der Waals surface area contributed by atoms with E-state index in [4.69, 9.17) is 15.3 Å². The largest absolute Gasteiger partial charge is 0.478 e. The normalized spacial score (nSPS) is 16.8. The standard InChI is InChI=1S/C13H19NO7/c15-6-10(17)12(19)11(18)9(16)5-14-8-3-1-7(2-4-8)13(20)21/h1-4,9-12,14-19H,5-6H2,(H,20,21). The van der Waals surface area contributed by atoms with Crippen molar-refractivity contribution < 1.29 is 35.4 Å². The van der Waals surface area contributed by atoms with Crippen molar-refractivity contribution in [1.29, 1.82) is 0 Å². The lowest BCUT2D eigenvalue weighted by Crippen LogP contribution is -2.47. The van der Waals surface area contributed by atoms with E-state index in [0.717, 1.165) is 0 Å². The molecule has 0 aliphatic heterocycles. The molecule has 1 rings (SSSR count). The van der Waals surface area contributed by atoms with Gasteiger partial charge in [0.1, 0.15) is 18.3 Å². The van der Waals surface area contributed by atoms with Gasteiger partial charge in [0.05, 0.1) is 18.3 Å². The predicted octanol–water partition coefficient (Wildman–Crippen LogP) is -1.77. The smallest absolute Gasteiger partial charge is 0.335 e. The van der Waals surface area contributed by atoms with Crippen molar-refractivity contribution in [2.24, 2.45) is 0 Å². The molecule has 0 aliphatic rings. The summed E-state index contributed by atoms with van der Waals surface area (Å²) in [5.41, 5.74) is 0.631. The summed E-state index contributed by atoms with van der Waals surface area (Å²) in [5, 5.41) is 58.0. The molecule has 0 fully saturated rings. The molecule has 0 spiro atoms. The molecule has 0 saturated heterocycles. The molecule has 21 heavy (non-hydrogen) atoms. The highest BCUT2D eigenvalue weighted by Gasteiger charge is 2.29. The number of aromatic carboxylic acids is 1. The number of carboxylic acid groups (broad SMARTS) is 1. The minimum atomic E-state index is -1.68. The number of aliphatic hydroxyl groups excluding tert-OH is 5. The molecule has 1 aromatic carbocycles. The zero-order valence-corrected chi connectivity index (χ0v) is 11.1. The van der Waals surface area contributed by atoms with Gasteiger partial charge in [-0.15, -0.1) is 0 Å². The molecule has 118 valence electrons. The molecule has 0 amide bonds. The van der Waals surface area contributed by atoms with Gasteiger partial charge in [-0.3, -0.25) is 0 Å². The Morgan fingerprint density at radius 2 is 1.52 bits per heavy atom. The van der Waals surface area contributed by atoms with Crippen LogP contribution in [0.25, 0.3) is 0 Å². The maximum absolute atomic E-state index is 10.7. The average Bonchev–Trinajstić information content (AvgIpc) is 2.50. The number of carbonyl (C=O) groups is 1. The predicted molar refractivity (Wildman–Crippen MR) is 73.0 cm³/mol. The molecule has 0 radical (unpaired) electrons. The lowest BCUT2D eigenvalue weighted by molar-refractivity contribution is -0.111. The molecule has 0 aliphatic carbocycles. The number of benzene rings is 1. The van der Waals surface area contributed by atoms with Gasteiger partial charge in [-0.2, -0.15) is 0 Å². The van der Waals surface area contributed by atoms with Gasteiger partial charge in [0.15, 0.2) is 0 Å². The summed E-state index contributed by atoms with van der Waals surface area (Å²) >= 11 is 0. The van der Waals surface area contributed by atoms with Crippen LogP contribution in [-0.2, 0) is 0 Å². The molecular formula is C13H19NO7. The SMILES string of the molecule is O=C(O)c1ccc(NCC(O)C(O)C(O)C(O)CO)cc1. The number of rotatable bonds is 8. The quantitative estimate of drug-likeness (QED) is 0.298. The zero-order valence-electron chi connectivity index (χ0n) is 11.1. The number of carboxylic acids is 1. The van der Waals surface area contributed by atoms with Crippen LogP contribution in [0.1, 0.15) is 10.4 Å². The molecule has 7 N–H and O–H groups in total. The van der Waals surface area contributed by atoms with Crippen LogP contribution in [0, 0.1) is 0 Å². The monoisotopic (exact) mass is 301 g/mol. The third-order valence-corrected chi connectivity index (χ3v) is 2.97. The maximum Gasteiger partial charge on any atom is 0.335 e. The Labute approximate surface area is 120 Å². The van der Waals surface area contributed by atoms with Crippen LogP contribution in [0.2, 0.25) is 0 Å². The molecule has 0 bridgehead atoms. The molecule has 0 saturated carbocycles.